The van der Waals surface area contributed by atoms with Crippen molar-refractivity contribution in [2.24, 2.45) is 7.05 Å². The van der Waals surface area contributed by atoms with Crippen molar-refractivity contribution < 1.29 is 39.6 Å². The van der Waals surface area contributed by atoms with Gasteiger partial charge in [0, 0.05) is 19.7 Å². The fourth-order valence-corrected chi connectivity index (χ4v) is 4.50. The molecule has 13 heteroatoms. The minimum absolute atomic E-state index is 0.0291. The van der Waals surface area contributed by atoms with Crippen LogP contribution in [0.2, 0.25) is 0 Å². The molecule has 176 valence electrons. The van der Waals surface area contributed by atoms with E-state index in [1.165, 1.54) is 18.2 Å². The first-order valence-corrected chi connectivity index (χ1v) is 10.6. The molecule has 0 saturated carbocycles. The van der Waals surface area contributed by atoms with Gasteiger partial charge in [0.1, 0.15) is 5.69 Å². The van der Waals surface area contributed by atoms with E-state index in [2.05, 4.69) is 10.4 Å². The topological polar surface area (TPSA) is 81.1 Å². The molecule has 0 aliphatic carbocycles. The number of aromatic nitrogens is 2. The highest BCUT2D eigenvalue weighted by atomic mass is 32.2. The first-order chi connectivity index (χ1) is 15.2. The molecular weight excluding hydrogens is 476 g/mol. The first-order valence-electron chi connectivity index (χ1n) is 9.11. The zero-order chi connectivity index (χ0) is 24.6. The van der Waals surface area contributed by atoms with Gasteiger partial charge in [-0.2, -0.15) is 31.4 Å². The van der Waals surface area contributed by atoms with Crippen molar-refractivity contribution in [1.82, 2.24) is 15.1 Å². The Morgan fingerprint density at radius 3 is 2.24 bits per heavy atom. The van der Waals surface area contributed by atoms with Crippen molar-refractivity contribution in [2.45, 2.75) is 28.7 Å². The van der Waals surface area contributed by atoms with Gasteiger partial charge in [-0.3, -0.25) is 9.48 Å². The Bertz CT molecular complexity index is 1300. The number of halogens is 6. The molecule has 6 nitrogen and oxygen atoms in total. The molecule has 0 spiro atoms. The summed E-state index contributed by atoms with van der Waals surface area (Å²) in [6.07, 6.45) is -9.51. The van der Waals surface area contributed by atoms with Gasteiger partial charge in [0.15, 0.2) is 5.69 Å². The second-order valence-corrected chi connectivity index (χ2v) is 8.77. The molecule has 3 rings (SSSR count). The fourth-order valence-electron chi connectivity index (χ4n) is 2.96. The molecule has 0 aliphatic rings. The Balaban J connectivity index is 1.89. The molecule has 2 aromatic carbocycles. The molecular formula is C20H15F6N3O3S. The lowest BCUT2D eigenvalue weighted by Gasteiger charge is -2.13. The number of nitrogens with zero attached hydrogens (tertiary/aromatic N) is 2. The summed E-state index contributed by atoms with van der Waals surface area (Å²) in [5.74, 6) is -0.952. The van der Waals surface area contributed by atoms with Crippen LogP contribution in [0.1, 0.15) is 27.3 Å². The molecule has 1 amide bonds. The van der Waals surface area contributed by atoms with E-state index in [1.807, 2.05) is 0 Å². The molecule has 3 aromatic rings. The number of nitrogens with one attached hydrogen (secondary N) is 1. The molecule has 1 aromatic heterocycles. The van der Waals surface area contributed by atoms with Gasteiger partial charge >= 0.3 is 12.4 Å². The molecule has 0 bridgehead atoms. The lowest BCUT2D eigenvalue weighted by molar-refractivity contribution is -0.141. The fraction of sp³-hybridized carbons (Fsp3) is 0.200. The molecule has 0 atom stereocenters. The standard InChI is InChI=1S/C20H15F6N3O3S/c1-29-15(10-17(28-29)20(24,25)26)18(30)27-11-12-5-2-3-8-16(12)33(31,32)14-7-4-6-13(9-14)19(21,22)23/h2-10H,11H2,1H3,(H,27,30). The third kappa shape index (κ3) is 5.18. The van der Waals surface area contributed by atoms with Gasteiger partial charge in [-0.05, 0) is 29.8 Å². The number of amides is 1. The van der Waals surface area contributed by atoms with Crippen LogP contribution in [0.5, 0.6) is 0 Å². The number of alkyl halides is 6. The van der Waals surface area contributed by atoms with Gasteiger partial charge in [-0.15, -0.1) is 0 Å². The van der Waals surface area contributed by atoms with E-state index >= 15 is 0 Å². The third-order valence-electron chi connectivity index (χ3n) is 4.58. The van der Waals surface area contributed by atoms with Crippen LogP contribution >= 0.6 is 0 Å². The van der Waals surface area contributed by atoms with Crippen LogP contribution in [0.3, 0.4) is 0 Å². The van der Waals surface area contributed by atoms with E-state index in [4.69, 9.17) is 0 Å². The number of hydrogen-bond acceptors (Lipinski definition) is 4. The Morgan fingerprint density at radius 1 is 0.970 bits per heavy atom. The normalized spacial score (nSPS) is 12.6. The van der Waals surface area contributed by atoms with E-state index in [9.17, 15) is 39.6 Å². The van der Waals surface area contributed by atoms with Gasteiger partial charge in [-0.1, -0.05) is 24.3 Å². The zero-order valence-electron chi connectivity index (χ0n) is 16.7. The molecule has 1 N–H and O–H groups in total. The SMILES string of the molecule is Cn1nc(C(F)(F)F)cc1C(=O)NCc1ccccc1S(=O)(=O)c1cccc(C(F)(F)F)c1. The Labute approximate surface area is 183 Å². The van der Waals surface area contributed by atoms with Crippen LogP contribution in [0.15, 0.2) is 64.4 Å². The van der Waals surface area contributed by atoms with Crippen molar-refractivity contribution in [3.8, 4) is 0 Å². The lowest BCUT2D eigenvalue weighted by atomic mass is 10.2. The highest BCUT2D eigenvalue weighted by Crippen LogP contribution is 2.33. The summed E-state index contributed by atoms with van der Waals surface area (Å²) >= 11 is 0. The monoisotopic (exact) mass is 491 g/mol. The Hall–Kier alpha value is -3.35. The molecule has 33 heavy (non-hydrogen) atoms. The molecule has 0 radical (unpaired) electrons. The van der Waals surface area contributed by atoms with E-state index in [0.29, 0.717) is 12.1 Å². The number of benzene rings is 2. The number of carbonyl (C=O) groups is 1. The number of rotatable bonds is 5. The van der Waals surface area contributed by atoms with Crippen LogP contribution in [0, 0.1) is 0 Å². The number of sulfone groups is 1. The average molecular weight is 491 g/mol. The Morgan fingerprint density at radius 2 is 1.64 bits per heavy atom. The summed E-state index contributed by atoms with van der Waals surface area (Å²) in [6.45, 7) is -0.417. The highest BCUT2D eigenvalue weighted by Gasteiger charge is 2.35. The predicted molar refractivity (Wildman–Crippen MR) is 103 cm³/mol. The van der Waals surface area contributed by atoms with E-state index < -0.39 is 56.5 Å². The molecule has 0 aliphatic heterocycles. The minimum atomic E-state index is -4.76. The van der Waals surface area contributed by atoms with Gasteiger partial charge in [0.25, 0.3) is 5.91 Å². The van der Waals surface area contributed by atoms with Crippen LogP contribution in [0.4, 0.5) is 26.3 Å². The molecule has 0 unspecified atom stereocenters. The number of aryl methyl sites for hydroxylation is 1. The maximum Gasteiger partial charge on any atom is 0.435 e. The minimum Gasteiger partial charge on any atom is -0.347 e. The Kier molecular flexibility index (Phi) is 6.29. The third-order valence-corrected chi connectivity index (χ3v) is 6.43. The maximum absolute atomic E-state index is 13.0. The number of hydrogen-bond donors (Lipinski definition) is 1. The smallest absolute Gasteiger partial charge is 0.347 e. The van der Waals surface area contributed by atoms with Crippen LogP contribution in [-0.2, 0) is 35.8 Å². The van der Waals surface area contributed by atoms with Crippen LogP contribution in [0.25, 0.3) is 0 Å². The van der Waals surface area contributed by atoms with Crippen LogP contribution < -0.4 is 5.32 Å². The molecule has 0 saturated heterocycles. The van der Waals surface area contributed by atoms with Gasteiger partial charge in [0.2, 0.25) is 9.84 Å². The average Bonchev–Trinajstić information content (AvgIpc) is 3.14. The quantitative estimate of drug-likeness (QED) is 0.542. The van der Waals surface area contributed by atoms with E-state index in [-0.39, 0.29) is 10.5 Å². The summed E-state index contributed by atoms with van der Waals surface area (Å²) in [7, 11) is -3.27. The van der Waals surface area contributed by atoms with Gasteiger partial charge in [0.05, 0.1) is 15.4 Å². The summed E-state index contributed by atoms with van der Waals surface area (Å²) in [5.41, 5.74) is -2.81. The summed E-state index contributed by atoms with van der Waals surface area (Å²) in [5, 5.41) is 5.53. The zero-order valence-corrected chi connectivity index (χ0v) is 17.5. The number of carbonyl (C=O) groups excluding carboxylic acids is 1. The van der Waals surface area contributed by atoms with Crippen molar-refractivity contribution in [3.05, 3.63) is 77.1 Å². The summed E-state index contributed by atoms with van der Waals surface area (Å²) in [6, 6.07) is 9.01. The van der Waals surface area contributed by atoms with Gasteiger partial charge < -0.3 is 5.32 Å². The summed E-state index contributed by atoms with van der Waals surface area (Å²) < 4.78 is 104. The van der Waals surface area contributed by atoms with Crippen molar-refractivity contribution in [3.63, 3.8) is 0 Å². The molecule has 0 fully saturated rings. The highest BCUT2D eigenvalue weighted by molar-refractivity contribution is 7.91. The van der Waals surface area contributed by atoms with Crippen molar-refractivity contribution >= 4 is 15.7 Å². The maximum atomic E-state index is 13.0. The predicted octanol–water partition coefficient (Wildman–Crippen LogP) is 4.22. The molecule has 1 heterocycles. The largest absolute Gasteiger partial charge is 0.435 e. The van der Waals surface area contributed by atoms with Crippen molar-refractivity contribution in [1.29, 1.82) is 0 Å². The second kappa shape index (κ2) is 8.54. The summed E-state index contributed by atoms with van der Waals surface area (Å²) in [4.78, 5) is 11.4. The second-order valence-electron chi connectivity index (χ2n) is 6.86. The van der Waals surface area contributed by atoms with E-state index in [1.54, 1.807) is 0 Å². The lowest BCUT2D eigenvalue weighted by Crippen LogP contribution is -2.26. The first kappa shape index (κ1) is 24.3. The van der Waals surface area contributed by atoms with Crippen molar-refractivity contribution in [2.75, 3.05) is 0 Å². The van der Waals surface area contributed by atoms with Crippen LogP contribution in [-0.4, -0.2) is 24.1 Å². The van der Waals surface area contributed by atoms with Gasteiger partial charge in [-0.25, -0.2) is 8.42 Å². The van der Waals surface area contributed by atoms with E-state index in [0.717, 1.165) is 36.0 Å².